The minimum atomic E-state index is -5.08. The summed E-state index contributed by atoms with van der Waals surface area (Å²) in [6, 6.07) is 1.78. The molecule has 3 heterocycles. The molecule has 10 nitrogen and oxygen atoms in total. The molecule has 2 aliphatic rings. The number of hydrogen-bond donors (Lipinski definition) is 2. The Morgan fingerprint density at radius 3 is 1.94 bits per heavy atom. The molecule has 1 unspecified atom stereocenters. The summed E-state index contributed by atoms with van der Waals surface area (Å²) in [5, 5.41) is 18.5. The number of rotatable bonds is 3. The number of ether oxygens (including phenoxy) is 1. The van der Waals surface area contributed by atoms with Crippen molar-refractivity contribution in [3.05, 3.63) is 18.0 Å². The maximum Gasteiger partial charge on any atom is 0.490 e. The molecular weight excluding hydrogens is 494 g/mol. The standard InChI is InChI=1S/C15H24N4O2.2C2HF3O2/c1-17-6-4-12(9-21-3)8-15(17)10-19(11-15)14(20)13-5-7-18(2)16-13;2*3-2(4,5)1(6)7/h5,7,12H,4,6,8-11H2,1-3H3;2*(H,6,7). The predicted octanol–water partition coefficient (Wildman–Crippen LogP) is 1.87. The third-order valence-corrected chi connectivity index (χ3v) is 5.43. The Morgan fingerprint density at radius 1 is 1.09 bits per heavy atom. The minimum absolute atomic E-state index is 0.0449. The van der Waals surface area contributed by atoms with Gasteiger partial charge in [0.25, 0.3) is 5.91 Å². The Morgan fingerprint density at radius 2 is 1.57 bits per heavy atom. The second-order valence-electron chi connectivity index (χ2n) is 8.10. The molecule has 2 fully saturated rings. The van der Waals surface area contributed by atoms with Gasteiger partial charge in [-0.1, -0.05) is 0 Å². The van der Waals surface area contributed by atoms with Crippen LogP contribution in [-0.2, 0) is 21.4 Å². The van der Waals surface area contributed by atoms with Gasteiger partial charge in [-0.3, -0.25) is 14.4 Å². The molecular formula is C19H26F6N4O6. The lowest BCUT2D eigenvalue weighted by Crippen LogP contribution is -2.72. The first-order valence-corrected chi connectivity index (χ1v) is 10.0. The van der Waals surface area contributed by atoms with Crippen molar-refractivity contribution in [3.63, 3.8) is 0 Å². The maximum atomic E-state index is 12.4. The van der Waals surface area contributed by atoms with Gasteiger partial charge in [0.2, 0.25) is 0 Å². The zero-order valence-corrected chi connectivity index (χ0v) is 19.1. The number of piperidine rings is 1. The van der Waals surface area contributed by atoms with Gasteiger partial charge < -0.3 is 19.8 Å². The van der Waals surface area contributed by atoms with Crippen LogP contribution < -0.4 is 0 Å². The molecule has 1 atom stereocenters. The molecule has 35 heavy (non-hydrogen) atoms. The normalized spacial score (nSPS) is 19.6. The van der Waals surface area contributed by atoms with Crippen LogP contribution in [0, 0.1) is 5.92 Å². The van der Waals surface area contributed by atoms with E-state index in [4.69, 9.17) is 24.5 Å². The van der Waals surface area contributed by atoms with Crippen molar-refractivity contribution in [1.82, 2.24) is 19.6 Å². The lowest BCUT2D eigenvalue weighted by atomic mass is 9.75. The van der Waals surface area contributed by atoms with E-state index in [1.54, 1.807) is 17.9 Å². The molecule has 0 bridgehead atoms. The molecule has 16 heteroatoms. The number of aromatic nitrogens is 2. The highest BCUT2D eigenvalue weighted by Gasteiger charge is 2.51. The van der Waals surface area contributed by atoms with Crippen molar-refractivity contribution in [2.75, 3.05) is 40.4 Å². The van der Waals surface area contributed by atoms with Crippen molar-refractivity contribution in [3.8, 4) is 0 Å². The highest BCUT2D eigenvalue weighted by atomic mass is 19.4. The van der Waals surface area contributed by atoms with Crippen molar-refractivity contribution in [2.45, 2.75) is 30.7 Å². The van der Waals surface area contributed by atoms with E-state index in [-0.39, 0.29) is 11.4 Å². The van der Waals surface area contributed by atoms with Crippen LogP contribution in [0.2, 0.25) is 0 Å². The van der Waals surface area contributed by atoms with E-state index in [9.17, 15) is 31.1 Å². The molecule has 2 aliphatic heterocycles. The number of carboxylic acid groups (broad SMARTS) is 2. The van der Waals surface area contributed by atoms with Gasteiger partial charge in [-0.15, -0.1) is 0 Å². The first-order valence-electron chi connectivity index (χ1n) is 10.0. The molecule has 1 amide bonds. The molecule has 1 aromatic heterocycles. The number of aryl methyl sites for hydroxylation is 1. The van der Waals surface area contributed by atoms with Gasteiger partial charge in [0.1, 0.15) is 5.69 Å². The van der Waals surface area contributed by atoms with Gasteiger partial charge in [0.05, 0.1) is 5.54 Å². The van der Waals surface area contributed by atoms with Crippen LogP contribution in [0.5, 0.6) is 0 Å². The number of aliphatic carboxylic acids is 2. The van der Waals surface area contributed by atoms with Gasteiger partial charge >= 0.3 is 24.3 Å². The SMILES string of the molecule is COCC1CCN(C)C2(C1)CN(C(=O)c1ccn(C)n1)C2.O=C(O)C(F)(F)F.O=C(O)C(F)(F)F. The summed E-state index contributed by atoms with van der Waals surface area (Å²) in [6.45, 7) is 3.52. The van der Waals surface area contributed by atoms with E-state index in [1.165, 1.54) is 6.42 Å². The summed E-state index contributed by atoms with van der Waals surface area (Å²) in [5.41, 5.74) is 0.686. The summed E-state index contributed by atoms with van der Waals surface area (Å²) in [5.74, 6) is -4.86. The Kier molecular flexibility index (Phi) is 10.1. The Balaban J connectivity index is 0.000000362. The monoisotopic (exact) mass is 520 g/mol. The van der Waals surface area contributed by atoms with Gasteiger partial charge in [0.15, 0.2) is 0 Å². The molecule has 0 saturated carbocycles. The van der Waals surface area contributed by atoms with E-state index >= 15 is 0 Å². The average molecular weight is 520 g/mol. The van der Waals surface area contributed by atoms with Crippen molar-refractivity contribution in [2.24, 2.45) is 13.0 Å². The Hall–Kier alpha value is -2.88. The fourth-order valence-electron chi connectivity index (χ4n) is 3.66. The molecule has 0 aliphatic carbocycles. The highest BCUT2D eigenvalue weighted by Crippen LogP contribution is 2.38. The Bertz CT molecular complexity index is 858. The molecule has 1 spiro atoms. The number of likely N-dealkylation sites (N-methyl/N-ethyl adjacent to an activating group) is 1. The Labute approximate surface area is 196 Å². The lowest BCUT2D eigenvalue weighted by Gasteiger charge is -2.58. The first-order chi connectivity index (χ1) is 15.9. The molecule has 1 aromatic rings. The van der Waals surface area contributed by atoms with Crippen LogP contribution in [0.25, 0.3) is 0 Å². The van der Waals surface area contributed by atoms with Crippen LogP contribution >= 0.6 is 0 Å². The lowest BCUT2D eigenvalue weighted by molar-refractivity contribution is -0.193. The number of amides is 1. The fraction of sp³-hybridized carbons (Fsp3) is 0.684. The minimum Gasteiger partial charge on any atom is -0.475 e. The third kappa shape index (κ3) is 8.69. The van der Waals surface area contributed by atoms with Crippen molar-refractivity contribution >= 4 is 17.8 Å². The van der Waals surface area contributed by atoms with Crippen LogP contribution in [0.1, 0.15) is 23.3 Å². The van der Waals surface area contributed by atoms with Crippen LogP contribution in [0.4, 0.5) is 26.3 Å². The van der Waals surface area contributed by atoms with E-state index < -0.39 is 24.3 Å². The largest absolute Gasteiger partial charge is 0.490 e. The number of alkyl halides is 6. The number of likely N-dealkylation sites (tertiary alicyclic amines) is 2. The summed E-state index contributed by atoms with van der Waals surface area (Å²) < 4.78 is 70.5. The predicted molar refractivity (Wildman–Crippen MR) is 106 cm³/mol. The summed E-state index contributed by atoms with van der Waals surface area (Å²) in [4.78, 5) is 34.5. The number of carbonyl (C=O) groups is 3. The van der Waals surface area contributed by atoms with Crippen LogP contribution in [0.3, 0.4) is 0 Å². The van der Waals surface area contributed by atoms with E-state index in [2.05, 4.69) is 17.0 Å². The maximum absolute atomic E-state index is 12.4. The molecule has 200 valence electrons. The number of halogens is 6. The smallest absolute Gasteiger partial charge is 0.475 e. The number of carboxylic acids is 2. The van der Waals surface area contributed by atoms with Crippen molar-refractivity contribution in [1.29, 1.82) is 0 Å². The summed E-state index contributed by atoms with van der Waals surface area (Å²) in [6.07, 6.45) is -6.06. The van der Waals surface area contributed by atoms with E-state index in [0.29, 0.717) is 11.6 Å². The van der Waals surface area contributed by atoms with E-state index in [1.807, 2.05) is 18.1 Å². The molecule has 3 rings (SSSR count). The van der Waals surface area contributed by atoms with Crippen LogP contribution in [0.15, 0.2) is 12.3 Å². The van der Waals surface area contributed by atoms with Crippen LogP contribution in [-0.4, -0.2) is 106 Å². The second kappa shape index (κ2) is 11.7. The summed E-state index contributed by atoms with van der Waals surface area (Å²) >= 11 is 0. The van der Waals surface area contributed by atoms with Gasteiger partial charge in [-0.05, 0) is 38.4 Å². The number of carbonyl (C=O) groups excluding carboxylic acids is 1. The molecule has 0 aromatic carbocycles. The van der Waals surface area contributed by atoms with E-state index in [0.717, 1.165) is 32.7 Å². The second-order valence-corrected chi connectivity index (χ2v) is 8.10. The third-order valence-electron chi connectivity index (χ3n) is 5.43. The fourth-order valence-corrected chi connectivity index (χ4v) is 3.66. The van der Waals surface area contributed by atoms with Crippen molar-refractivity contribution < 1.29 is 55.7 Å². The molecule has 2 N–H and O–H groups in total. The number of methoxy groups -OCH3 is 1. The quantitative estimate of drug-likeness (QED) is 0.579. The summed E-state index contributed by atoms with van der Waals surface area (Å²) in [7, 11) is 5.77. The molecule has 2 saturated heterocycles. The highest BCUT2D eigenvalue weighted by molar-refractivity contribution is 5.93. The van der Waals surface area contributed by atoms with Gasteiger partial charge in [0, 0.05) is 40.1 Å². The zero-order valence-electron chi connectivity index (χ0n) is 19.1. The topological polar surface area (TPSA) is 125 Å². The first kappa shape index (κ1) is 30.2. The molecule has 0 radical (unpaired) electrons. The zero-order chi connectivity index (χ0) is 27.2. The number of nitrogens with zero attached hydrogens (tertiary/aromatic N) is 4. The van der Waals surface area contributed by atoms with Gasteiger partial charge in [-0.25, -0.2) is 9.59 Å². The average Bonchev–Trinajstić information content (AvgIpc) is 3.13. The van der Waals surface area contributed by atoms with Gasteiger partial charge in [-0.2, -0.15) is 31.4 Å². The number of hydrogen-bond acceptors (Lipinski definition) is 6.